The zero-order chi connectivity index (χ0) is 16.0. The molecule has 1 rings (SSSR count). The van der Waals surface area contributed by atoms with Crippen molar-refractivity contribution in [3.63, 3.8) is 0 Å². The summed E-state index contributed by atoms with van der Waals surface area (Å²) in [6.45, 7) is 11.2. The van der Waals surface area contributed by atoms with E-state index in [1.807, 2.05) is 20.0 Å². The molecule has 1 aromatic heterocycles. The average molecular weight is 420 g/mol. The van der Waals surface area contributed by atoms with E-state index in [1.165, 1.54) is 0 Å². The van der Waals surface area contributed by atoms with Gasteiger partial charge in [0.15, 0.2) is 5.96 Å². The summed E-state index contributed by atoms with van der Waals surface area (Å²) in [5.41, 5.74) is 3.09. The van der Waals surface area contributed by atoms with Gasteiger partial charge in [-0.2, -0.15) is 0 Å². The Morgan fingerprint density at radius 3 is 2.45 bits per heavy atom. The summed E-state index contributed by atoms with van der Waals surface area (Å²) in [7, 11) is 3.47. The lowest BCUT2D eigenvalue weighted by atomic mass is 10.1. The van der Waals surface area contributed by atoms with Crippen molar-refractivity contribution in [3.05, 3.63) is 23.0 Å². The number of nitrogens with zero attached hydrogens (tertiary/aromatic N) is 2. The van der Waals surface area contributed by atoms with Crippen LogP contribution in [0.15, 0.2) is 11.2 Å². The van der Waals surface area contributed by atoms with Gasteiger partial charge in [-0.1, -0.05) is 13.8 Å². The molecule has 1 aromatic rings. The first-order valence-corrected chi connectivity index (χ1v) is 7.36. The molecule has 0 saturated carbocycles. The lowest BCUT2D eigenvalue weighted by Gasteiger charge is -2.21. The third-order valence-electron chi connectivity index (χ3n) is 3.76. The Hall–Kier alpha value is -1.05. The number of aromatic nitrogens is 1. The van der Waals surface area contributed by atoms with Crippen LogP contribution in [-0.4, -0.2) is 31.1 Å². The summed E-state index contributed by atoms with van der Waals surface area (Å²) in [6, 6.07) is 0.359. The molecule has 0 aliphatic rings. The number of hydrogen-bond donors (Lipinski definition) is 2. The summed E-state index contributed by atoms with van der Waals surface area (Å²) in [4.78, 5) is 8.73. The molecule has 0 radical (unpaired) electrons. The van der Waals surface area contributed by atoms with E-state index in [9.17, 15) is 0 Å². The first kappa shape index (κ1) is 20.9. The van der Waals surface area contributed by atoms with E-state index in [4.69, 9.17) is 4.74 Å². The van der Waals surface area contributed by atoms with Gasteiger partial charge in [-0.15, -0.1) is 24.0 Å². The summed E-state index contributed by atoms with van der Waals surface area (Å²) in [5.74, 6) is 2.24. The van der Waals surface area contributed by atoms with Crippen LogP contribution < -0.4 is 15.4 Å². The molecule has 0 fully saturated rings. The number of guanidine groups is 1. The fourth-order valence-electron chi connectivity index (χ4n) is 1.99. The van der Waals surface area contributed by atoms with Crippen LogP contribution in [0.1, 0.15) is 37.6 Å². The van der Waals surface area contributed by atoms with Crippen LogP contribution in [0.5, 0.6) is 5.75 Å². The van der Waals surface area contributed by atoms with Crippen LogP contribution in [-0.2, 0) is 6.54 Å². The van der Waals surface area contributed by atoms with Gasteiger partial charge in [0.25, 0.3) is 0 Å². The van der Waals surface area contributed by atoms with Crippen LogP contribution in [0.25, 0.3) is 0 Å². The molecule has 0 aliphatic carbocycles. The highest BCUT2D eigenvalue weighted by atomic mass is 127. The predicted molar refractivity (Wildman–Crippen MR) is 103 cm³/mol. The zero-order valence-electron chi connectivity index (χ0n) is 14.7. The van der Waals surface area contributed by atoms with Crippen LogP contribution in [0, 0.1) is 19.8 Å². The quantitative estimate of drug-likeness (QED) is 0.437. The number of pyridine rings is 1. The maximum atomic E-state index is 5.43. The number of halogens is 1. The zero-order valence-corrected chi connectivity index (χ0v) is 17.0. The van der Waals surface area contributed by atoms with E-state index in [2.05, 4.69) is 41.4 Å². The molecule has 0 amide bonds. The summed E-state index contributed by atoms with van der Waals surface area (Å²) < 4.78 is 5.43. The van der Waals surface area contributed by atoms with Crippen LogP contribution in [0.3, 0.4) is 0 Å². The molecule has 1 heterocycles. The first-order chi connectivity index (χ1) is 9.90. The van der Waals surface area contributed by atoms with Crippen molar-refractivity contribution in [3.8, 4) is 5.75 Å². The third kappa shape index (κ3) is 5.62. The average Bonchev–Trinajstić information content (AvgIpc) is 2.45. The Balaban J connectivity index is 0.00000441. The van der Waals surface area contributed by atoms with Crippen molar-refractivity contribution in [2.45, 2.75) is 47.2 Å². The molecule has 0 spiro atoms. The number of ether oxygens (including phenoxy) is 1. The van der Waals surface area contributed by atoms with Crippen LogP contribution in [0.4, 0.5) is 0 Å². The molecule has 22 heavy (non-hydrogen) atoms. The lowest BCUT2D eigenvalue weighted by molar-refractivity contribution is 0.406. The third-order valence-corrected chi connectivity index (χ3v) is 3.76. The van der Waals surface area contributed by atoms with Gasteiger partial charge in [0.2, 0.25) is 0 Å². The maximum Gasteiger partial charge on any atom is 0.191 e. The van der Waals surface area contributed by atoms with Crippen molar-refractivity contribution >= 4 is 29.9 Å². The van der Waals surface area contributed by atoms with E-state index in [-0.39, 0.29) is 24.0 Å². The summed E-state index contributed by atoms with van der Waals surface area (Å²) in [6.07, 6.45) is 1.84. The predicted octanol–water partition coefficient (Wildman–Crippen LogP) is 3.03. The van der Waals surface area contributed by atoms with E-state index in [1.54, 1.807) is 14.2 Å². The Kier molecular flexibility index (Phi) is 9.39. The molecular formula is C16H29IN4O. The SMILES string of the molecule is CN=C(NCc1ncc(C)c(OC)c1C)NC(C)C(C)C.I. The van der Waals surface area contributed by atoms with Gasteiger partial charge in [0.05, 0.1) is 19.3 Å². The Morgan fingerprint density at radius 1 is 1.32 bits per heavy atom. The first-order valence-electron chi connectivity index (χ1n) is 7.36. The molecule has 0 bridgehead atoms. The lowest BCUT2D eigenvalue weighted by Crippen LogP contribution is -2.44. The molecule has 1 atom stereocenters. The second kappa shape index (κ2) is 9.86. The minimum atomic E-state index is 0. The van der Waals surface area contributed by atoms with Gasteiger partial charge in [0.1, 0.15) is 5.75 Å². The number of methoxy groups -OCH3 is 1. The molecular weight excluding hydrogens is 391 g/mol. The van der Waals surface area contributed by atoms with Gasteiger partial charge < -0.3 is 15.4 Å². The van der Waals surface area contributed by atoms with Crippen LogP contribution >= 0.6 is 24.0 Å². The fourth-order valence-corrected chi connectivity index (χ4v) is 1.99. The number of hydrogen-bond acceptors (Lipinski definition) is 3. The monoisotopic (exact) mass is 420 g/mol. The Morgan fingerprint density at radius 2 is 1.95 bits per heavy atom. The van der Waals surface area contributed by atoms with Crippen molar-refractivity contribution < 1.29 is 4.74 Å². The second-order valence-electron chi connectivity index (χ2n) is 5.65. The van der Waals surface area contributed by atoms with Crippen LogP contribution in [0.2, 0.25) is 0 Å². The minimum Gasteiger partial charge on any atom is -0.496 e. The molecule has 126 valence electrons. The molecule has 0 aliphatic heterocycles. The van der Waals surface area contributed by atoms with Crippen molar-refractivity contribution in [1.82, 2.24) is 15.6 Å². The number of aryl methyl sites for hydroxylation is 1. The maximum absolute atomic E-state index is 5.43. The van der Waals surface area contributed by atoms with Gasteiger partial charge in [-0.25, -0.2) is 0 Å². The van der Waals surface area contributed by atoms with Gasteiger partial charge in [-0.3, -0.25) is 9.98 Å². The van der Waals surface area contributed by atoms with Crippen molar-refractivity contribution in [2.24, 2.45) is 10.9 Å². The largest absolute Gasteiger partial charge is 0.496 e. The van der Waals surface area contributed by atoms with Gasteiger partial charge >= 0.3 is 0 Å². The Bertz CT molecular complexity index is 503. The van der Waals surface area contributed by atoms with Crippen molar-refractivity contribution in [1.29, 1.82) is 0 Å². The van der Waals surface area contributed by atoms with Gasteiger partial charge in [0, 0.05) is 30.4 Å². The number of aliphatic imine (C=N–C) groups is 1. The topological polar surface area (TPSA) is 58.5 Å². The highest BCUT2D eigenvalue weighted by Crippen LogP contribution is 2.23. The second-order valence-corrected chi connectivity index (χ2v) is 5.65. The number of nitrogens with one attached hydrogen (secondary N) is 2. The molecule has 0 aromatic carbocycles. The van der Waals surface area contributed by atoms with E-state index >= 15 is 0 Å². The molecule has 6 heteroatoms. The molecule has 1 unspecified atom stereocenters. The highest BCUT2D eigenvalue weighted by molar-refractivity contribution is 14.0. The normalized spacial score (nSPS) is 12.6. The standard InChI is InChI=1S/C16H28N4O.HI/c1-10(2)13(5)20-16(17-6)19-9-14-12(4)15(21-7)11(3)8-18-14;/h8,10,13H,9H2,1-7H3,(H2,17,19,20);1H. The minimum absolute atomic E-state index is 0. The van der Waals surface area contributed by atoms with Gasteiger partial charge in [-0.05, 0) is 26.7 Å². The fraction of sp³-hybridized carbons (Fsp3) is 0.625. The smallest absolute Gasteiger partial charge is 0.191 e. The Labute approximate surface area is 151 Å². The molecule has 2 N–H and O–H groups in total. The molecule has 0 saturated heterocycles. The van der Waals surface area contributed by atoms with E-state index in [0.717, 1.165) is 28.5 Å². The molecule has 5 nitrogen and oxygen atoms in total. The van der Waals surface area contributed by atoms with Crippen molar-refractivity contribution in [2.75, 3.05) is 14.2 Å². The highest BCUT2D eigenvalue weighted by Gasteiger charge is 2.12. The summed E-state index contributed by atoms with van der Waals surface area (Å²) in [5, 5.41) is 6.68. The number of rotatable bonds is 5. The van der Waals surface area contributed by atoms with E-state index < -0.39 is 0 Å². The summed E-state index contributed by atoms with van der Waals surface area (Å²) >= 11 is 0. The van der Waals surface area contributed by atoms with E-state index in [0.29, 0.717) is 18.5 Å².